The summed E-state index contributed by atoms with van der Waals surface area (Å²) >= 11 is 6.61. The zero-order valence-corrected chi connectivity index (χ0v) is 11.6. The van der Waals surface area contributed by atoms with Gasteiger partial charge in [-0.05, 0) is 18.4 Å². The standard InChI is InChI=1S/C11H15N3O2S2/c1-18-8-4-2-3-7(9(8)10(12)17)14-5-6-16-11(13)15/h2-4,14H,5-6H2,1H3,(H2,12,17)(H2,13,15). The summed E-state index contributed by atoms with van der Waals surface area (Å²) in [6.07, 6.45) is 1.17. The van der Waals surface area contributed by atoms with Crippen molar-refractivity contribution in [1.82, 2.24) is 0 Å². The van der Waals surface area contributed by atoms with Crippen LogP contribution in [0.5, 0.6) is 0 Å². The minimum Gasteiger partial charge on any atom is -0.448 e. The molecular formula is C11H15N3O2S2. The van der Waals surface area contributed by atoms with E-state index in [1.165, 1.54) is 0 Å². The van der Waals surface area contributed by atoms with Crippen LogP contribution in [0.4, 0.5) is 10.5 Å². The van der Waals surface area contributed by atoms with Crippen LogP contribution in [0.15, 0.2) is 23.1 Å². The minimum atomic E-state index is -0.788. The molecule has 0 heterocycles. The Labute approximate surface area is 115 Å². The van der Waals surface area contributed by atoms with Gasteiger partial charge in [0.2, 0.25) is 0 Å². The highest BCUT2D eigenvalue weighted by Gasteiger charge is 2.10. The molecule has 0 aliphatic carbocycles. The molecule has 98 valence electrons. The van der Waals surface area contributed by atoms with Crippen molar-refractivity contribution in [2.24, 2.45) is 11.5 Å². The van der Waals surface area contributed by atoms with Crippen molar-refractivity contribution < 1.29 is 9.53 Å². The summed E-state index contributed by atoms with van der Waals surface area (Å²) in [7, 11) is 0. The maximum absolute atomic E-state index is 10.4. The molecule has 5 N–H and O–H groups in total. The number of benzene rings is 1. The second-order valence-corrected chi connectivity index (χ2v) is 4.63. The van der Waals surface area contributed by atoms with Gasteiger partial charge in [0.15, 0.2) is 0 Å². The van der Waals surface area contributed by atoms with Crippen LogP contribution in [0, 0.1) is 0 Å². The maximum Gasteiger partial charge on any atom is 0.404 e. The number of primary amides is 1. The Kier molecular flexibility index (Phi) is 5.73. The topological polar surface area (TPSA) is 90.4 Å². The van der Waals surface area contributed by atoms with E-state index >= 15 is 0 Å². The van der Waals surface area contributed by atoms with Crippen molar-refractivity contribution in [2.75, 3.05) is 24.7 Å². The van der Waals surface area contributed by atoms with E-state index in [0.717, 1.165) is 16.1 Å². The normalized spacial score (nSPS) is 9.83. The average molecular weight is 285 g/mol. The molecule has 0 aliphatic heterocycles. The van der Waals surface area contributed by atoms with Gasteiger partial charge in [0.1, 0.15) is 11.6 Å². The molecule has 1 amide bonds. The number of thioether (sulfide) groups is 1. The lowest BCUT2D eigenvalue weighted by atomic mass is 10.1. The van der Waals surface area contributed by atoms with Crippen LogP contribution in [-0.2, 0) is 4.74 Å². The first kappa shape index (κ1) is 14.6. The van der Waals surface area contributed by atoms with Gasteiger partial charge in [-0.25, -0.2) is 4.79 Å². The van der Waals surface area contributed by atoms with Gasteiger partial charge < -0.3 is 21.5 Å². The predicted molar refractivity (Wildman–Crippen MR) is 78.1 cm³/mol. The SMILES string of the molecule is CSc1cccc(NCCOC(N)=O)c1C(N)=S. The highest BCUT2D eigenvalue weighted by atomic mass is 32.2. The van der Waals surface area contributed by atoms with Gasteiger partial charge in [-0.15, -0.1) is 11.8 Å². The van der Waals surface area contributed by atoms with E-state index in [4.69, 9.17) is 23.7 Å². The third-order valence-electron chi connectivity index (χ3n) is 2.15. The quantitative estimate of drug-likeness (QED) is 0.417. The van der Waals surface area contributed by atoms with Crippen molar-refractivity contribution in [2.45, 2.75) is 4.90 Å². The van der Waals surface area contributed by atoms with E-state index in [1.807, 2.05) is 24.5 Å². The molecule has 1 rings (SSSR count). The summed E-state index contributed by atoms with van der Waals surface area (Å²) in [4.78, 5) is 11.7. The van der Waals surface area contributed by atoms with Crippen molar-refractivity contribution in [3.05, 3.63) is 23.8 Å². The number of rotatable bonds is 6. The second-order valence-electron chi connectivity index (χ2n) is 3.34. The van der Waals surface area contributed by atoms with Crippen LogP contribution in [0.25, 0.3) is 0 Å². The fraction of sp³-hybridized carbons (Fsp3) is 0.273. The Hall–Kier alpha value is -1.47. The second kappa shape index (κ2) is 7.07. The third-order valence-corrected chi connectivity index (χ3v) is 3.14. The van der Waals surface area contributed by atoms with E-state index < -0.39 is 6.09 Å². The third kappa shape index (κ3) is 4.08. The van der Waals surface area contributed by atoms with Gasteiger partial charge in [0.05, 0.1) is 0 Å². The van der Waals surface area contributed by atoms with E-state index in [9.17, 15) is 4.79 Å². The molecule has 0 radical (unpaired) electrons. The summed E-state index contributed by atoms with van der Waals surface area (Å²) < 4.78 is 4.63. The lowest BCUT2D eigenvalue weighted by molar-refractivity contribution is 0.161. The highest BCUT2D eigenvalue weighted by Crippen LogP contribution is 2.26. The number of nitrogens with one attached hydrogen (secondary N) is 1. The van der Waals surface area contributed by atoms with Crippen molar-refractivity contribution in [1.29, 1.82) is 0 Å². The molecule has 7 heteroatoms. The number of carbonyl (C=O) groups is 1. The molecule has 0 saturated heterocycles. The molecule has 0 unspecified atom stereocenters. The maximum atomic E-state index is 10.4. The molecule has 0 saturated carbocycles. The number of ether oxygens (including phenoxy) is 1. The molecule has 0 bridgehead atoms. The first-order valence-electron chi connectivity index (χ1n) is 5.19. The molecule has 0 aromatic heterocycles. The number of thiocarbonyl (C=S) groups is 1. The van der Waals surface area contributed by atoms with E-state index in [-0.39, 0.29) is 6.61 Å². The lowest BCUT2D eigenvalue weighted by Crippen LogP contribution is -2.20. The van der Waals surface area contributed by atoms with Crippen molar-refractivity contribution >= 4 is 40.7 Å². The van der Waals surface area contributed by atoms with Crippen LogP contribution < -0.4 is 16.8 Å². The fourth-order valence-corrected chi connectivity index (χ4v) is 2.36. The molecule has 18 heavy (non-hydrogen) atoms. The molecule has 1 aromatic carbocycles. The zero-order valence-electron chi connectivity index (χ0n) is 9.93. The average Bonchev–Trinajstić information content (AvgIpc) is 2.33. The Bertz CT molecular complexity index is 452. The number of carbonyl (C=O) groups excluding carboxylic acids is 1. The monoisotopic (exact) mass is 285 g/mol. The number of nitrogens with two attached hydrogens (primary N) is 2. The van der Waals surface area contributed by atoms with Crippen molar-refractivity contribution in [3.8, 4) is 0 Å². The highest BCUT2D eigenvalue weighted by molar-refractivity contribution is 7.98. The van der Waals surface area contributed by atoms with Crippen LogP contribution in [0.1, 0.15) is 5.56 Å². The lowest BCUT2D eigenvalue weighted by Gasteiger charge is -2.14. The summed E-state index contributed by atoms with van der Waals surface area (Å²) in [6.45, 7) is 0.631. The first-order valence-corrected chi connectivity index (χ1v) is 6.82. The minimum absolute atomic E-state index is 0.190. The Balaban J connectivity index is 2.75. The molecule has 0 atom stereocenters. The van der Waals surface area contributed by atoms with Gasteiger partial charge in [-0.2, -0.15) is 0 Å². The zero-order chi connectivity index (χ0) is 13.5. The Morgan fingerprint density at radius 2 is 2.22 bits per heavy atom. The molecule has 1 aromatic rings. The summed E-state index contributed by atoms with van der Waals surface area (Å²) in [5, 5.41) is 3.11. The fourth-order valence-electron chi connectivity index (χ4n) is 1.44. The summed E-state index contributed by atoms with van der Waals surface area (Å²) in [6, 6.07) is 5.73. The van der Waals surface area contributed by atoms with Gasteiger partial charge in [-0.1, -0.05) is 18.3 Å². The van der Waals surface area contributed by atoms with Crippen LogP contribution in [-0.4, -0.2) is 30.5 Å². The van der Waals surface area contributed by atoms with E-state index in [0.29, 0.717) is 11.5 Å². The predicted octanol–water partition coefficient (Wildman–Crippen LogP) is 1.55. The Morgan fingerprint density at radius 3 is 2.78 bits per heavy atom. The molecule has 0 aliphatic rings. The van der Waals surface area contributed by atoms with Gasteiger partial charge in [0.25, 0.3) is 0 Å². The molecule has 0 fully saturated rings. The van der Waals surface area contributed by atoms with E-state index in [2.05, 4.69) is 10.1 Å². The van der Waals surface area contributed by atoms with Crippen molar-refractivity contribution in [3.63, 3.8) is 0 Å². The van der Waals surface area contributed by atoms with Gasteiger partial charge in [0, 0.05) is 22.7 Å². The number of hydrogen-bond donors (Lipinski definition) is 3. The van der Waals surface area contributed by atoms with E-state index in [1.54, 1.807) is 11.8 Å². The Morgan fingerprint density at radius 1 is 1.50 bits per heavy atom. The summed E-state index contributed by atoms with van der Waals surface area (Å²) in [5.74, 6) is 0. The molecule has 5 nitrogen and oxygen atoms in total. The van der Waals surface area contributed by atoms with Crippen LogP contribution in [0.3, 0.4) is 0 Å². The van der Waals surface area contributed by atoms with Gasteiger partial charge >= 0.3 is 6.09 Å². The molecule has 0 spiro atoms. The smallest absolute Gasteiger partial charge is 0.404 e. The summed E-state index contributed by atoms with van der Waals surface area (Å²) in [5.41, 5.74) is 12.2. The van der Waals surface area contributed by atoms with Crippen LogP contribution in [0.2, 0.25) is 0 Å². The van der Waals surface area contributed by atoms with Gasteiger partial charge in [-0.3, -0.25) is 0 Å². The largest absolute Gasteiger partial charge is 0.448 e. The van der Waals surface area contributed by atoms with Crippen LogP contribution >= 0.6 is 24.0 Å². The number of amides is 1. The molecular weight excluding hydrogens is 270 g/mol. The first-order chi connectivity index (χ1) is 8.56. The number of hydrogen-bond acceptors (Lipinski definition) is 5. The number of anilines is 1.